The highest BCUT2D eigenvalue weighted by Crippen LogP contribution is 2.38. The fraction of sp³-hybridized carbons (Fsp3) is 0.227. The number of aromatic amines is 1. The van der Waals surface area contributed by atoms with Crippen molar-refractivity contribution in [3.8, 4) is 11.1 Å². The quantitative estimate of drug-likeness (QED) is 0.471. The number of aromatic nitrogens is 3. The molecule has 1 fully saturated rings. The third kappa shape index (κ3) is 2.97. The van der Waals surface area contributed by atoms with Crippen molar-refractivity contribution < 1.29 is 13.7 Å². The lowest BCUT2D eigenvalue weighted by atomic mass is 10.0. The number of hydrogen-bond acceptors (Lipinski definition) is 4. The van der Waals surface area contributed by atoms with Crippen LogP contribution >= 0.6 is 11.6 Å². The van der Waals surface area contributed by atoms with E-state index in [1.807, 2.05) is 32.0 Å². The number of nitrogens with one attached hydrogen (secondary N) is 1. The molecule has 0 radical (unpaired) electrons. The molecule has 152 valence electrons. The Balaban J connectivity index is 1.55. The maximum Gasteiger partial charge on any atom is 0.227 e. The van der Waals surface area contributed by atoms with Gasteiger partial charge in [0, 0.05) is 17.7 Å². The summed E-state index contributed by atoms with van der Waals surface area (Å²) in [5.74, 6) is 0.887. The van der Waals surface area contributed by atoms with Crippen LogP contribution in [0.4, 0.5) is 10.1 Å². The predicted molar refractivity (Wildman–Crippen MR) is 112 cm³/mol. The Bertz CT molecular complexity index is 1280. The van der Waals surface area contributed by atoms with E-state index in [-0.39, 0.29) is 17.0 Å². The van der Waals surface area contributed by atoms with E-state index in [9.17, 15) is 9.18 Å². The highest BCUT2D eigenvalue weighted by molar-refractivity contribution is 6.31. The predicted octanol–water partition coefficient (Wildman–Crippen LogP) is 5.50. The Morgan fingerprint density at radius 3 is 2.80 bits per heavy atom. The molecule has 30 heavy (non-hydrogen) atoms. The smallest absolute Gasteiger partial charge is 0.227 e. The average molecular weight is 425 g/mol. The average Bonchev–Trinajstić information content (AvgIpc) is 3.40. The number of carbonyl (C=O) groups excluding carboxylic acids is 1. The van der Waals surface area contributed by atoms with Crippen LogP contribution in [0, 0.1) is 19.7 Å². The molecule has 1 atom stereocenters. The number of carbonyl (C=O) groups is 1. The number of hydrogen-bond donors (Lipinski definition) is 1. The van der Waals surface area contributed by atoms with Gasteiger partial charge in [-0.05, 0) is 56.2 Å². The lowest BCUT2D eigenvalue weighted by Gasteiger charge is -2.23. The van der Waals surface area contributed by atoms with E-state index < -0.39 is 5.82 Å². The van der Waals surface area contributed by atoms with Crippen LogP contribution in [0.15, 0.2) is 40.9 Å². The first kappa shape index (κ1) is 18.8. The summed E-state index contributed by atoms with van der Waals surface area (Å²) in [4.78, 5) is 22.3. The van der Waals surface area contributed by atoms with Gasteiger partial charge in [0.15, 0.2) is 0 Å². The van der Waals surface area contributed by atoms with Crippen LogP contribution in [0.25, 0.3) is 22.2 Å². The van der Waals surface area contributed by atoms with Gasteiger partial charge < -0.3 is 14.4 Å². The fourth-order valence-electron chi connectivity index (χ4n) is 4.14. The Morgan fingerprint density at radius 1 is 1.23 bits per heavy atom. The van der Waals surface area contributed by atoms with Gasteiger partial charge in [0.25, 0.3) is 0 Å². The number of anilines is 1. The van der Waals surface area contributed by atoms with E-state index >= 15 is 0 Å². The number of H-pyrrole nitrogens is 1. The molecule has 0 bridgehead atoms. The van der Waals surface area contributed by atoms with Gasteiger partial charge in [-0.25, -0.2) is 9.37 Å². The second-order valence-corrected chi connectivity index (χ2v) is 7.88. The Labute approximate surface area is 176 Å². The van der Waals surface area contributed by atoms with Gasteiger partial charge in [-0.3, -0.25) is 4.79 Å². The van der Waals surface area contributed by atoms with Crippen LogP contribution in [0.5, 0.6) is 0 Å². The molecule has 5 rings (SSSR count). The number of rotatable bonds is 3. The normalized spacial score (nSPS) is 16.7. The zero-order valence-corrected chi connectivity index (χ0v) is 17.1. The van der Waals surface area contributed by atoms with Gasteiger partial charge >= 0.3 is 0 Å². The SMILES string of the molecule is Cc1noc(C)c1-c1ccc2nc(C3CCC(=O)N3c3ccc(F)c(Cl)c3)[nH]c2c1. The Hall–Kier alpha value is -3.19. The molecule has 3 heterocycles. The molecule has 1 amide bonds. The lowest BCUT2D eigenvalue weighted by molar-refractivity contribution is -0.117. The number of benzene rings is 2. The molecular weight excluding hydrogens is 407 g/mol. The van der Waals surface area contributed by atoms with Crippen molar-refractivity contribution in [2.75, 3.05) is 4.90 Å². The molecule has 2 aromatic carbocycles. The molecule has 1 aliphatic heterocycles. The van der Waals surface area contributed by atoms with Crippen molar-refractivity contribution in [1.29, 1.82) is 0 Å². The molecule has 4 aromatic rings. The zero-order chi connectivity index (χ0) is 21.0. The number of fused-ring (bicyclic) bond motifs is 1. The van der Waals surface area contributed by atoms with Crippen LogP contribution in [-0.4, -0.2) is 21.0 Å². The number of imidazole rings is 1. The molecule has 1 aliphatic rings. The molecular formula is C22H18ClFN4O2. The largest absolute Gasteiger partial charge is 0.361 e. The van der Waals surface area contributed by atoms with E-state index in [4.69, 9.17) is 21.1 Å². The zero-order valence-electron chi connectivity index (χ0n) is 16.4. The van der Waals surface area contributed by atoms with Crippen molar-refractivity contribution in [3.05, 3.63) is 64.5 Å². The van der Waals surface area contributed by atoms with Crippen molar-refractivity contribution >= 4 is 34.2 Å². The maximum absolute atomic E-state index is 13.6. The van der Waals surface area contributed by atoms with Crippen molar-refractivity contribution in [1.82, 2.24) is 15.1 Å². The van der Waals surface area contributed by atoms with Gasteiger partial charge in [0.05, 0.1) is 27.8 Å². The van der Waals surface area contributed by atoms with E-state index in [1.165, 1.54) is 12.1 Å². The summed E-state index contributed by atoms with van der Waals surface area (Å²) in [7, 11) is 0. The Kier molecular flexibility index (Phi) is 4.36. The second kappa shape index (κ2) is 6.95. The number of halogens is 2. The van der Waals surface area contributed by atoms with Crippen LogP contribution < -0.4 is 4.90 Å². The van der Waals surface area contributed by atoms with Gasteiger partial charge in [-0.2, -0.15) is 0 Å². The number of nitrogens with zero attached hydrogens (tertiary/aromatic N) is 3. The van der Waals surface area contributed by atoms with E-state index in [1.54, 1.807) is 11.0 Å². The van der Waals surface area contributed by atoms with Gasteiger partial charge in [0.2, 0.25) is 5.91 Å². The summed E-state index contributed by atoms with van der Waals surface area (Å²) < 4.78 is 18.9. The van der Waals surface area contributed by atoms with Crippen molar-refractivity contribution in [3.63, 3.8) is 0 Å². The molecule has 8 heteroatoms. The lowest BCUT2D eigenvalue weighted by Crippen LogP contribution is -2.28. The minimum absolute atomic E-state index is 0.0142. The first-order valence-corrected chi connectivity index (χ1v) is 10.00. The van der Waals surface area contributed by atoms with Gasteiger partial charge in [-0.1, -0.05) is 22.8 Å². The van der Waals surface area contributed by atoms with Crippen LogP contribution in [0.2, 0.25) is 5.02 Å². The van der Waals surface area contributed by atoms with Crippen molar-refractivity contribution in [2.45, 2.75) is 32.7 Å². The molecule has 1 saturated heterocycles. The summed E-state index contributed by atoms with van der Waals surface area (Å²) in [6, 6.07) is 9.97. The summed E-state index contributed by atoms with van der Waals surface area (Å²) >= 11 is 5.94. The summed E-state index contributed by atoms with van der Waals surface area (Å²) in [6.07, 6.45) is 1.01. The first-order chi connectivity index (χ1) is 14.4. The highest BCUT2D eigenvalue weighted by atomic mass is 35.5. The van der Waals surface area contributed by atoms with Crippen LogP contribution in [-0.2, 0) is 4.79 Å². The summed E-state index contributed by atoms with van der Waals surface area (Å²) in [6.45, 7) is 3.79. The topological polar surface area (TPSA) is 75.0 Å². The minimum atomic E-state index is -0.515. The molecule has 1 unspecified atom stereocenters. The van der Waals surface area contributed by atoms with Crippen molar-refractivity contribution in [2.24, 2.45) is 0 Å². The monoisotopic (exact) mass is 424 g/mol. The molecule has 1 N–H and O–H groups in total. The minimum Gasteiger partial charge on any atom is -0.361 e. The molecule has 0 saturated carbocycles. The molecule has 0 spiro atoms. The molecule has 2 aromatic heterocycles. The molecule has 0 aliphatic carbocycles. The third-order valence-corrected chi connectivity index (χ3v) is 5.82. The molecule has 6 nitrogen and oxygen atoms in total. The van der Waals surface area contributed by atoms with E-state index in [2.05, 4.69) is 10.1 Å². The standard InChI is InChI=1S/C22H18ClFN4O2/c1-11-21(12(2)30-27-11)13-3-6-17-18(9-13)26-22(25-17)19-7-8-20(29)28(19)14-4-5-16(24)15(23)10-14/h3-6,9-10,19H,7-8H2,1-2H3,(H,25,26). The van der Waals surface area contributed by atoms with E-state index in [0.717, 1.165) is 33.6 Å². The number of aryl methyl sites for hydroxylation is 2. The Morgan fingerprint density at radius 2 is 2.07 bits per heavy atom. The summed E-state index contributed by atoms with van der Waals surface area (Å²) in [5, 5.41) is 4.01. The second-order valence-electron chi connectivity index (χ2n) is 7.47. The third-order valence-electron chi connectivity index (χ3n) is 5.53. The van der Waals surface area contributed by atoms with Gasteiger partial charge in [0.1, 0.15) is 17.4 Å². The fourth-order valence-corrected chi connectivity index (χ4v) is 4.31. The first-order valence-electron chi connectivity index (χ1n) is 9.62. The number of amides is 1. The summed E-state index contributed by atoms with van der Waals surface area (Å²) in [5.41, 5.74) is 5.00. The maximum atomic E-state index is 13.6. The highest BCUT2D eigenvalue weighted by Gasteiger charge is 2.35. The van der Waals surface area contributed by atoms with Crippen LogP contribution in [0.3, 0.4) is 0 Å². The van der Waals surface area contributed by atoms with Gasteiger partial charge in [-0.15, -0.1) is 0 Å². The van der Waals surface area contributed by atoms with E-state index in [0.29, 0.717) is 24.4 Å². The van der Waals surface area contributed by atoms with Crippen LogP contribution in [0.1, 0.15) is 36.2 Å².